The molecule has 194 valence electrons. The number of phosphoric acid groups is 2. The van der Waals surface area contributed by atoms with Crippen LogP contribution in [0.1, 0.15) is 12.6 Å². The summed E-state index contributed by atoms with van der Waals surface area (Å²) in [7, 11) is -15.8. The zero-order valence-corrected chi connectivity index (χ0v) is 20.0. The van der Waals surface area contributed by atoms with Gasteiger partial charge in [0, 0.05) is 6.42 Å². The Morgan fingerprint density at radius 3 is 2.54 bits per heavy atom. The van der Waals surface area contributed by atoms with Gasteiger partial charge < -0.3 is 35.4 Å². The standard InChI is InChI=1S/C14H20N5O13P3/c1-2-3-4-33(23,24)31-35(27,28)32-34(25,26)29-5-7-9(20)10(21)13(30-7)19-6-16-8-11(19)17-14(15)18-12(8)22/h1,6-7,9-10,13,20-21H,3-5H2,(H,23,24)(H,25,26)(H,27,28)(H3,15,17,18,22). The molecule has 0 aromatic carbocycles. The number of aliphatic hydroxyl groups is 2. The molecule has 0 aliphatic carbocycles. The van der Waals surface area contributed by atoms with Gasteiger partial charge >= 0.3 is 23.2 Å². The Balaban J connectivity index is 1.68. The van der Waals surface area contributed by atoms with Gasteiger partial charge in [-0.25, -0.2) is 18.4 Å². The Hall–Kier alpha value is -1.96. The Morgan fingerprint density at radius 1 is 1.20 bits per heavy atom. The summed E-state index contributed by atoms with van der Waals surface area (Å²) in [5.41, 5.74) is 4.57. The SMILES string of the molecule is C#CCCP(=O)(O)OP(=O)(O)OP(=O)(O)OCC1OC(n2cnc3c(=O)[nH]c(N)nc32)C(O)C1O. The predicted molar refractivity (Wildman–Crippen MR) is 114 cm³/mol. The van der Waals surface area contributed by atoms with Gasteiger partial charge in [-0.2, -0.15) is 9.29 Å². The molecule has 1 saturated heterocycles. The first-order valence-corrected chi connectivity index (χ1v) is 14.1. The number of aromatic amines is 1. The van der Waals surface area contributed by atoms with Gasteiger partial charge in [-0.15, -0.1) is 12.3 Å². The molecule has 0 amide bonds. The highest BCUT2D eigenvalue weighted by atomic mass is 31.3. The number of nitrogens with one attached hydrogen (secondary N) is 1. The van der Waals surface area contributed by atoms with Crippen LogP contribution in [0, 0.1) is 12.3 Å². The molecule has 2 aromatic rings. The highest BCUT2D eigenvalue weighted by Crippen LogP contribution is 2.67. The summed E-state index contributed by atoms with van der Waals surface area (Å²) in [4.78, 5) is 50.5. The molecule has 1 aliphatic heterocycles. The molecule has 7 atom stereocenters. The van der Waals surface area contributed by atoms with Crippen molar-refractivity contribution in [3.8, 4) is 12.3 Å². The monoisotopic (exact) mass is 559 g/mol. The molecule has 0 spiro atoms. The van der Waals surface area contributed by atoms with Gasteiger partial charge in [-0.05, 0) is 0 Å². The highest BCUT2D eigenvalue weighted by molar-refractivity contribution is 7.68. The maximum absolute atomic E-state index is 12.1. The van der Waals surface area contributed by atoms with Crippen molar-refractivity contribution in [2.45, 2.75) is 31.0 Å². The van der Waals surface area contributed by atoms with Gasteiger partial charge in [0.1, 0.15) is 18.3 Å². The number of fused-ring (bicyclic) bond motifs is 1. The average molecular weight is 559 g/mol. The number of phosphoric ester groups is 1. The maximum Gasteiger partial charge on any atom is 0.488 e. The number of hydrogen-bond donors (Lipinski definition) is 7. The van der Waals surface area contributed by atoms with E-state index < -0.39 is 66.1 Å². The highest BCUT2D eigenvalue weighted by Gasteiger charge is 2.47. The van der Waals surface area contributed by atoms with Crippen molar-refractivity contribution in [2.24, 2.45) is 0 Å². The van der Waals surface area contributed by atoms with Gasteiger partial charge in [-0.3, -0.25) is 23.4 Å². The van der Waals surface area contributed by atoms with Crippen molar-refractivity contribution in [1.82, 2.24) is 19.5 Å². The summed E-state index contributed by atoms with van der Waals surface area (Å²) >= 11 is 0. The summed E-state index contributed by atoms with van der Waals surface area (Å²) < 4.78 is 54.6. The largest absolute Gasteiger partial charge is 0.488 e. The lowest BCUT2D eigenvalue weighted by atomic mass is 10.1. The number of nitrogens with zero attached hydrogens (tertiary/aromatic N) is 3. The molecule has 3 rings (SSSR count). The van der Waals surface area contributed by atoms with E-state index in [0.717, 1.165) is 10.9 Å². The second-order valence-corrected chi connectivity index (χ2v) is 12.2. The van der Waals surface area contributed by atoms with E-state index in [1.807, 2.05) is 5.92 Å². The molecule has 2 aromatic heterocycles. The second kappa shape index (κ2) is 10.2. The minimum absolute atomic E-state index is 0.100. The summed E-state index contributed by atoms with van der Waals surface area (Å²) in [5.74, 6) is 1.74. The topological polar surface area (TPSA) is 279 Å². The number of ether oxygens (including phenoxy) is 1. The van der Waals surface area contributed by atoms with Gasteiger partial charge in [0.05, 0.1) is 19.1 Å². The Morgan fingerprint density at radius 2 is 1.89 bits per heavy atom. The molecular formula is C14H20N5O13P3. The number of terminal acetylenes is 1. The third-order valence-electron chi connectivity index (χ3n) is 4.44. The fourth-order valence-electron chi connectivity index (χ4n) is 2.97. The van der Waals surface area contributed by atoms with Crippen LogP contribution >= 0.6 is 23.2 Å². The number of H-pyrrole nitrogens is 1. The zero-order chi connectivity index (χ0) is 26.2. The van der Waals surface area contributed by atoms with Crippen molar-refractivity contribution in [1.29, 1.82) is 0 Å². The number of anilines is 1. The normalized spacial score (nSPS) is 27.7. The summed E-state index contributed by atoms with van der Waals surface area (Å²) in [6.07, 6.45) is -1.35. The number of aromatic nitrogens is 4. The van der Waals surface area contributed by atoms with E-state index in [1.54, 1.807) is 0 Å². The van der Waals surface area contributed by atoms with E-state index >= 15 is 0 Å². The lowest BCUT2D eigenvalue weighted by Gasteiger charge is -2.20. The van der Waals surface area contributed by atoms with Crippen LogP contribution in [-0.4, -0.2) is 75.5 Å². The molecular weight excluding hydrogens is 539 g/mol. The van der Waals surface area contributed by atoms with Crippen molar-refractivity contribution >= 4 is 40.4 Å². The minimum Gasteiger partial charge on any atom is -0.387 e. The third kappa shape index (κ3) is 6.63. The van der Waals surface area contributed by atoms with Gasteiger partial charge in [-0.1, -0.05) is 0 Å². The predicted octanol–water partition coefficient (Wildman–Crippen LogP) is -1.22. The molecule has 1 aliphatic rings. The number of aliphatic hydroxyl groups excluding tert-OH is 2. The Kier molecular flexibility index (Phi) is 8.04. The first kappa shape index (κ1) is 27.6. The van der Waals surface area contributed by atoms with Gasteiger partial charge in [0.25, 0.3) is 5.56 Å². The molecule has 35 heavy (non-hydrogen) atoms. The van der Waals surface area contributed by atoms with Gasteiger partial charge in [0.15, 0.2) is 17.4 Å². The molecule has 7 unspecified atom stereocenters. The third-order valence-corrected chi connectivity index (χ3v) is 9.20. The summed E-state index contributed by atoms with van der Waals surface area (Å²) in [6.45, 7) is -0.973. The number of rotatable bonds is 10. The van der Waals surface area contributed by atoms with E-state index in [2.05, 4.69) is 28.1 Å². The van der Waals surface area contributed by atoms with Gasteiger partial charge in [0.2, 0.25) is 5.95 Å². The zero-order valence-electron chi connectivity index (χ0n) is 17.3. The van der Waals surface area contributed by atoms with Crippen LogP contribution in [0.5, 0.6) is 0 Å². The van der Waals surface area contributed by atoms with E-state index in [4.69, 9.17) is 16.9 Å². The van der Waals surface area contributed by atoms with Crippen LogP contribution in [0.25, 0.3) is 11.2 Å². The smallest absolute Gasteiger partial charge is 0.387 e. The second-order valence-electron chi connectivity index (χ2n) is 7.03. The van der Waals surface area contributed by atoms with E-state index in [9.17, 15) is 43.4 Å². The molecule has 18 nitrogen and oxygen atoms in total. The fourth-order valence-corrected chi connectivity index (χ4v) is 6.95. The molecule has 0 saturated carbocycles. The first-order chi connectivity index (χ1) is 16.1. The summed E-state index contributed by atoms with van der Waals surface area (Å²) in [5, 5.41) is 20.6. The lowest BCUT2D eigenvalue weighted by Crippen LogP contribution is -2.33. The van der Waals surface area contributed by atoms with Crippen LogP contribution < -0.4 is 11.3 Å². The number of nitrogen functional groups attached to an aromatic ring is 1. The first-order valence-electron chi connectivity index (χ1n) is 9.37. The fraction of sp³-hybridized carbons (Fsp3) is 0.500. The number of imidazole rings is 1. The van der Waals surface area contributed by atoms with E-state index in [0.29, 0.717) is 0 Å². The van der Waals surface area contributed by atoms with Crippen molar-refractivity contribution < 1.29 is 56.5 Å². The van der Waals surface area contributed by atoms with Crippen molar-refractivity contribution in [3.63, 3.8) is 0 Å². The minimum atomic E-state index is -5.59. The summed E-state index contributed by atoms with van der Waals surface area (Å²) in [6, 6.07) is 0. The average Bonchev–Trinajstić information content (AvgIpc) is 3.25. The van der Waals surface area contributed by atoms with E-state index in [1.165, 1.54) is 0 Å². The number of hydrogen-bond acceptors (Lipinski definition) is 13. The molecule has 8 N–H and O–H groups in total. The molecule has 3 heterocycles. The van der Waals surface area contributed by atoms with Crippen LogP contribution in [0.3, 0.4) is 0 Å². The maximum atomic E-state index is 12.1. The quantitative estimate of drug-likeness (QED) is 0.133. The van der Waals surface area contributed by atoms with Crippen molar-refractivity contribution in [3.05, 3.63) is 16.7 Å². The molecule has 21 heteroatoms. The Bertz CT molecular complexity index is 1340. The molecule has 0 bridgehead atoms. The van der Waals surface area contributed by atoms with Crippen LogP contribution in [0.2, 0.25) is 0 Å². The number of nitrogens with two attached hydrogens (primary N) is 1. The Labute approximate surface area is 195 Å². The molecule has 1 fully saturated rings. The van der Waals surface area contributed by atoms with Crippen molar-refractivity contribution in [2.75, 3.05) is 18.5 Å². The molecule has 0 radical (unpaired) electrons. The van der Waals surface area contributed by atoms with Crippen LogP contribution in [0.15, 0.2) is 11.1 Å². The van der Waals surface area contributed by atoms with E-state index in [-0.39, 0.29) is 23.5 Å². The van der Waals surface area contributed by atoms with Crippen LogP contribution in [0.4, 0.5) is 5.95 Å². The van der Waals surface area contributed by atoms with Crippen LogP contribution in [-0.2, 0) is 31.6 Å². The lowest BCUT2D eigenvalue weighted by molar-refractivity contribution is -0.0503.